The molecule has 1 amide bonds. The van der Waals surface area contributed by atoms with Gasteiger partial charge in [-0.25, -0.2) is 0 Å². The zero-order chi connectivity index (χ0) is 18.8. The highest BCUT2D eigenvalue weighted by Crippen LogP contribution is 2.35. The van der Waals surface area contributed by atoms with Gasteiger partial charge in [0, 0.05) is 54.6 Å². The third-order valence-corrected chi connectivity index (χ3v) is 5.53. The lowest BCUT2D eigenvalue weighted by molar-refractivity contribution is -0.135. The molecule has 4 nitrogen and oxygen atoms in total. The average molecular weight is 383 g/mol. The van der Waals surface area contributed by atoms with Crippen LogP contribution in [0.3, 0.4) is 0 Å². The minimum atomic E-state index is -0.0369. The number of fused-ring (bicyclic) bond motifs is 1. The summed E-state index contributed by atoms with van der Waals surface area (Å²) in [5.41, 5.74) is 3.40. The van der Waals surface area contributed by atoms with E-state index in [0.29, 0.717) is 37.7 Å². The van der Waals surface area contributed by atoms with Gasteiger partial charge in [-0.3, -0.25) is 4.79 Å². The highest BCUT2D eigenvalue weighted by atomic mass is 35.5. The molecule has 1 aliphatic rings. The lowest BCUT2D eigenvalue weighted by atomic mass is 9.87. The van der Waals surface area contributed by atoms with Crippen LogP contribution in [0.4, 0.5) is 0 Å². The van der Waals surface area contributed by atoms with Crippen molar-refractivity contribution in [3.05, 3.63) is 70.9 Å². The summed E-state index contributed by atoms with van der Waals surface area (Å²) in [6, 6.07) is 16.2. The van der Waals surface area contributed by atoms with Crippen molar-refractivity contribution >= 4 is 28.4 Å². The van der Waals surface area contributed by atoms with Gasteiger partial charge in [-0.1, -0.05) is 41.9 Å². The van der Waals surface area contributed by atoms with Crippen molar-refractivity contribution in [2.24, 2.45) is 7.05 Å². The van der Waals surface area contributed by atoms with Crippen LogP contribution in [-0.2, 0) is 16.6 Å². The number of hydrogen-bond acceptors (Lipinski definition) is 2. The minimum absolute atomic E-state index is 0.0369. The number of para-hydroxylation sites is 1. The summed E-state index contributed by atoms with van der Waals surface area (Å²) < 4.78 is 7.51. The van der Waals surface area contributed by atoms with Crippen molar-refractivity contribution < 1.29 is 9.53 Å². The van der Waals surface area contributed by atoms with Crippen LogP contribution >= 0.6 is 11.6 Å². The smallest absolute Gasteiger partial charge is 0.223 e. The Morgan fingerprint density at radius 3 is 2.70 bits per heavy atom. The minimum Gasteiger partial charge on any atom is -0.378 e. The fraction of sp³-hybridized carbons (Fsp3) is 0.318. The van der Waals surface area contributed by atoms with Gasteiger partial charge in [-0.05, 0) is 29.3 Å². The predicted octanol–water partition coefficient (Wildman–Crippen LogP) is 4.21. The summed E-state index contributed by atoms with van der Waals surface area (Å²) in [7, 11) is 2.05. The number of carbonyl (C=O) groups excluding carboxylic acids is 1. The first kappa shape index (κ1) is 18.1. The van der Waals surface area contributed by atoms with Crippen LogP contribution in [-0.4, -0.2) is 41.7 Å². The fourth-order valence-corrected chi connectivity index (χ4v) is 4.10. The average Bonchev–Trinajstić information content (AvgIpc) is 3.03. The number of carbonyl (C=O) groups is 1. The summed E-state index contributed by atoms with van der Waals surface area (Å²) in [5.74, 6) is 0.126. The number of amides is 1. The molecule has 1 aliphatic heterocycles. The quantitative estimate of drug-likeness (QED) is 0.677. The molecule has 1 unspecified atom stereocenters. The van der Waals surface area contributed by atoms with E-state index in [0.717, 1.165) is 11.1 Å². The molecule has 0 aliphatic carbocycles. The van der Waals surface area contributed by atoms with Crippen molar-refractivity contribution in [3.63, 3.8) is 0 Å². The Morgan fingerprint density at radius 1 is 1.15 bits per heavy atom. The molecule has 1 aromatic heterocycles. The standard InChI is InChI=1S/C22H23ClN2O2/c1-24-15-20(18-7-2-3-8-21(18)24)19(16-5-4-6-17(23)13-16)14-22(26)25-9-11-27-12-10-25/h2-8,13,15,19H,9-12,14H2,1H3. The number of nitrogens with zero attached hydrogens (tertiary/aromatic N) is 2. The van der Waals surface area contributed by atoms with Crippen LogP contribution in [0.5, 0.6) is 0 Å². The molecule has 27 heavy (non-hydrogen) atoms. The Hall–Kier alpha value is -2.30. The number of rotatable bonds is 4. The Morgan fingerprint density at radius 2 is 1.93 bits per heavy atom. The number of halogens is 1. The van der Waals surface area contributed by atoms with Crippen LogP contribution in [0.1, 0.15) is 23.5 Å². The first-order valence-corrected chi connectivity index (χ1v) is 9.66. The molecule has 0 saturated carbocycles. The summed E-state index contributed by atoms with van der Waals surface area (Å²) in [6.45, 7) is 2.55. The number of aryl methyl sites for hydroxylation is 1. The lowest BCUT2D eigenvalue weighted by Gasteiger charge is -2.28. The normalized spacial score (nSPS) is 15.9. The second-order valence-corrected chi connectivity index (χ2v) is 7.45. The monoisotopic (exact) mass is 382 g/mol. The SMILES string of the molecule is Cn1cc(C(CC(=O)N2CCOCC2)c2cccc(Cl)c2)c2ccccc21. The van der Waals surface area contributed by atoms with Crippen molar-refractivity contribution in [2.75, 3.05) is 26.3 Å². The molecule has 2 aromatic carbocycles. The topological polar surface area (TPSA) is 34.5 Å². The number of benzene rings is 2. The number of aromatic nitrogens is 1. The molecular formula is C22H23ClN2O2. The first-order chi connectivity index (χ1) is 13.1. The van der Waals surface area contributed by atoms with E-state index in [1.807, 2.05) is 42.3 Å². The van der Waals surface area contributed by atoms with Crippen molar-refractivity contribution in [3.8, 4) is 0 Å². The van der Waals surface area contributed by atoms with Gasteiger partial charge in [0.1, 0.15) is 0 Å². The van der Waals surface area contributed by atoms with E-state index < -0.39 is 0 Å². The van der Waals surface area contributed by atoms with Crippen LogP contribution < -0.4 is 0 Å². The number of morpholine rings is 1. The lowest BCUT2D eigenvalue weighted by Crippen LogP contribution is -2.41. The largest absolute Gasteiger partial charge is 0.378 e. The van der Waals surface area contributed by atoms with Gasteiger partial charge in [0.2, 0.25) is 5.91 Å². The third kappa shape index (κ3) is 3.73. The molecular weight excluding hydrogens is 360 g/mol. The summed E-state index contributed by atoms with van der Waals surface area (Å²) in [6.07, 6.45) is 2.57. The molecule has 0 N–H and O–H groups in total. The van der Waals surface area contributed by atoms with Gasteiger partial charge >= 0.3 is 0 Å². The maximum absolute atomic E-state index is 13.0. The van der Waals surface area contributed by atoms with Gasteiger partial charge in [0.15, 0.2) is 0 Å². The van der Waals surface area contributed by atoms with E-state index in [4.69, 9.17) is 16.3 Å². The van der Waals surface area contributed by atoms with E-state index in [2.05, 4.69) is 29.0 Å². The van der Waals surface area contributed by atoms with E-state index in [1.54, 1.807) is 0 Å². The molecule has 0 bridgehead atoms. The Bertz CT molecular complexity index is 960. The number of hydrogen-bond donors (Lipinski definition) is 0. The summed E-state index contributed by atoms with van der Waals surface area (Å²) >= 11 is 6.27. The van der Waals surface area contributed by atoms with Crippen molar-refractivity contribution in [2.45, 2.75) is 12.3 Å². The zero-order valence-electron chi connectivity index (χ0n) is 15.4. The Labute approximate surface area is 164 Å². The molecule has 5 heteroatoms. The zero-order valence-corrected chi connectivity index (χ0v) is 16.2. The van der Waals surface area contributed by atoms with Crippen LogP contribution in [0.2, 0.25) is 5.02 Å². The highest BCUT2D eigenvalue weighted by Gasteiger charge is 2.26. The molecule has 4 rings (SSSR count). The predicted molar refractivity (Wildman–Crippen MR) is 108 cm³/mol. The maximum Gasteiger partial charge on any atom is 0.223 e. The molecule has 1 fully saturated rings. The van der Waals surface area contributed by atoms with Gasteiger partial charge < -0.3 is 14.2 Å². The van der Waals surface area contributed by atoms with Gasteiger partial charge in [-0.2, -0.15) is 0 Å². The van der Waals surface area contributed by atoms with E-state index in [1.165, 1.54) is 10.9 Å². The first-order valence-electron chi connectivity index (χ1n) is 9.28. The van der Waals surface area contributed by atoms with Crippen LogP contribution in [0, 0.1) is 0 Å². The number of ether oxygens (including phenoxy) is 1. The fourth-order valence-electron chi connectivity index (χ4n) is 3.90. The molecule has 2 heterocycles. The molecule has 1 saturated heterocycles. The third-order valence-electron chi connectivity index (χ3n) is 5.30. The van der Waals surface area contributed by atoms with E-state index in [9.17, 15) is 4.79 Å². The van der Waals surface area contributed by atoms with Crippen LogP contribution in [0.25, 0.3) is 10.9 Å². The molecule has 0 radical (unpaired) electrons. The van der Waals surface area contributed by atoms with E-state index >= 15 is 0 Å². The Kier molecular flexibility index (Phi) is 5.19. The van der Waals surface area contributed by atoms with E-state index in [-0.39, 0.29) is 11.8 Å². The second kappa shape index (κ2) is 7.75. The Balaban J connectivity index is 1.75. The van der Waals surface area contributed by atoms with Gasteiger partial charge in [0.05, 0.1) is 13.2 Å². The van der Waals surface area contributed by atoms with Gasteiger partial charge in [0.25, 0.3) is 0 Å². The molecule has 0 spiro atoms. The highest BCUT2D eigenvalue weighted by molar-refractivity contribution is 6.30. The van der Waals surface area contributed by atoms with Crippen LogP contribution in [0.15, 0.2) is 54.7 Å². The van der Waals surface area contributed by atoms with Crippen molar-refractivity contribution in [1.82, 2.24) is 9.47 Å². The van der Waals surface area contributed by atoms with Crippen molar-refractivity contribution in [1.29, 1.82) is 0 Å². The summed E-state index contributed by atoms with van der Waals surface area (Å²) in [4.78, 5) is 14.9. The molecule has 140 valence electrons. The molecule has 1 atom stereocenters. The molecule has 3 aromatic rings. The van der Waals surface area contributed by atoms with Gasteiger partial charge in [-0.15, -0.1) is 0 Å². The second-order valence-electron chi connectivity index (χ2n) is 7.02. The summed E-state index contributed by atoms with van der Waals surface area (Å²) in [5, 5.41) is 1.87. The maximum atomic E-state index is 13.0.